The third-order valence-electron chi connectivity index (χ3n) is 3.10. The smallest absolute Gasteiger partial charge is 0.148 e. The molecular weight excluding hydrogens is 238 g/mol. The molecule has 1 aliphatic rings. The molecule has 2 rings (SSSR count). The van der Waals surface area contributed by atoms with Gasteiger partial charge in [-0.1, -0.05) is 11.6 Å². The van der Waals surface area contributed by atoms with Crippen LogP contribution < -0.4 is 4.90 Å². The Bertz CT molecular complexity index is 452. The number of aliphatic hydroxyl groups is 1. The summed E-state index contributed by atoms with van der Waals surface area (Å²) in [5, 5.41) is 18.5. The van der Waals surface area contributed by atoms with Crippen molar-refractivity contribution in [2.75, 3.05) is 18.5 Å². The topological polar surface area (TPSA) is 60.1 Å². The zero-order chi connectivity index (χ0) is 12.4. The first-order chi connectivity index (χ1) is 8.11. The third-order valence-corrected chi connectivity index (χ3v) is 3.47. The van der Waals surface area contributed by atoms with Crippen molar-refractivity contribution in [2.24, 2.45) is 5.92 Å². The first-order valence-corrected chi connectivity index (χ1v) is 5.93. The molecule has 0 amide bonds. The van der Waals surface area contributed by atoms with Gasteiger partial charge in [-0.15, -0.1) is 0 Å². The molecule has 17 heavy (non-hydrogen) atoms. The van der Waals surface area contributed by atoms with Gasteiger partial charge in [0.2, 0.25) is 0 Å². The molecule has 1 aromatic rings. The lowest BCUT2D eigenvalue weighted by Gasteiger charge is -2.35. The maximum atomic E-state index is 9.24. The standard InChI is InChI=1S/C12H14ClN3O/c1-16(7-8-4-10(17)5-8)12-11(13)9(6-14)2-3-15-12/h2-3,8,10,17H,4-5,7H2,1H3. The van der Waals surface area contributed by atoms with Gasteiger partial charge in [-0.05, 0) is 24.8 Å². The summed E-state index contributed by atoms with van der Waals surface area (Å²) in [7, 11) is 1.90. The van der Waals surface area contributed by atoms with Crippen LogP contribution in [-0.2, 0) is 0 Å². The maximum absolute atomic E-state index is 9.24. The molecule has 0 spiro atoms. The van der Waals surface area contributed by atoms with Crippen LogP contribution >= 0.6 is 11.6 Å². The van der Waals surface area contributed by atoms with E-state index in [0.29, 0.717) is 22.3 Å². The van der Waals surface area contributed by atoms with Crippen LogP contribution in [0.15, 0.2) is 12.3 Å². The molecule has 1 aromatic heterocycles. The van der Waals surface area contributed by atoms with Crippen LogP contribution in [0, 0.1) is 17.2 Å². The lowest BCUT2D eigenvalue weighted by atomic mass is 9.82. The lowest BCUT2D eigenvalue weighted by molar-refractivity contribution is 0.0464. The minimum atomic E-state index is -0.151. The second-order valence-electron chi connectivity index (χ2n) is 4.48. The fourth-order valence-corrected chi connectivity index (χ4v) is 2.41. The Morgan fingerprint density at radius 3 is 2.94 bits per heavy atom. The van der Waals surface area contributed by atoms with Crippen molar-refractivity contribution in [3.63, 3.8) is 0 Å². The summed E-state index contributed by atoms with van der Waals surface area (Å²) in [5.74, 6) is 1.12. The molecule has 1 saturated carbocycles. The normalized spacial score (nSPS) is 22.7. The molecule has 1 heterocycles. The third kappa shape index (κ3) is 2.51. The van der Waals surface area contributed by atoms with Gasteiger partial charge in [0.25, 0.3) is 0 Å². The van der Waals surface area contributed by atoms with Crippen molar-refractivity contribution >= 4 is 17.4 Å². The highest BCUT2D eigenvalue weighted by Gasteiger charge is 2.28. The maximum Gasteiger partial charge on any atom is 0.148 e. The van der Waals surface area contributed by atoms with Crippen LogP contribution in [0.2, 0.25) is 5.02 Å². The van der Waals surface area contributed by atoms with E-state index in [9.17, 15) is 5.11 Å². The Balaban J connectivity index is 2.09. The number of hydrogen-bond acceptors (Lipinski definition) is 4. The van der Waals surface area contributed by atoms with Crippen molar-refractivity contribution in [1.29, 1.82) is 5.26 Å². The summed E-state index contributed by atoms with van der Waals surface area (Å²) in [4.78, 5) is 6.14. The summed E-state index contributed by atoms with van der Waals surface area (Å²) in [5.41, 5.74) is 0.442. The summed E-state index contributed by atoms with van der Waals surface area (Å²) < 4.78 is 0. The van der Waals surface area contributed by atoms with Crippen molar-refractivity contribution in [1.82, 2.24) is 4.98 Å². The second-order valence-corrected chi connectivity index (χ2v) is 4.86. The van der Waals surface area contributed by atoms with Crippen LogP contribution in [0.25, 0.3) is 0 Å². The van der Waals surface area contributed by atoms with Gasteiger partial charge in [-0.2, -0.15) is 5.26 Å². The number of nitriles is 1. The molecule has 0 unspecified atom stereocenters. The van der Waals surface area contributed by atoms with Gasteiger partial charge in [-0.25, -0.2) is 4.98 Å². The molecule has 4 nitrogen and oxygen atoms in total. The summed E-state index contributed by atoms with van der Waals surface area (Å²) in [6.45, 7) is 0.804. The largest absolute Gasteiger partial charge is 0.393 e. The monoisotopic (exact) mass is 251 g/mol. The summed E-state index contributed by atoms with van der Waals surface area (Å²) >= 11 is 6.10. The molecule has 0 saturated heterocycles. The number of aliphatic hydroxyl groups excluding tert-OH is 1. The first-order valence-electron chi connectivity index (χ1n) is 5.55. The molecule has 0 aromatic carbocycles. The van der Waals surface area contributed by atoms with E-state index in [0.717, 1.165) is 19.4 Å². The van der Waals surface area contributed by atoms with E-state index < -0.39 is 0 Å². The second kappa shape index (κ2) is 4.91. The van der Waals surface area contributed by atoms with Crippen LogP contribution in [0.5, 0.6) is 0 Å². The highest BCUT2D eigenvalue weighted by atomic mass is 35.5. The molecule has 0 aliphatic heterocycles. The van der Waals surface area contributed by atoms with Gasteiger partial charge in [0.1, 0.15) is 16.9 Å². The predicted octanol–water partition coefficient (Wildman–Crippen LogP) is 1.81. The molecule has 0 atom stereocenters. The number of aromatic nitrogens is 1. The van der Waals surface area contributed by atoms with Crippen molar-refractivity contribution in [3.8, 4) is 6.07 Å². The first kappa shape index (κ1) is 12.2. The van der Waals surface area contributed by atoms with Gasteiger partial charge < -0.3 is 10.0 Å². The Morgan fingerprint density at radius 2 is 2.35 bits per heavy atom. The van der Waals surface area contributed by atoms with E-state index in [1.807, 2.05) is 18.0 Å². The Kier molecular flexibility index (Phi) is 3.51. The van der Waals surface area contributed by atoms with Gasteiger partial charge in [0.05, 0.1) is 11.7 Å². The fraction of sp³-hybridized carbons (Fsp3) is 0.500. The molecule has 1 N–H and O–H groups in total. The van der Waals surface area contributed by atoms with Gasteiger partial charge in [0.15, 0.2) is 0 Å². The Labute approximate surface area is 105 Å². The minimum Gasteiger partial charge on any atom is -0.393 e. The van der Waals surface area contributed by atoms with Crippen molar-refractivity contribution in [2.45, 2.75) is 18.9 Å². The predicted molar refractivity (Wildman–Crippen MR) is 66.0 cm³/mol. The molecule has 90 valence electrons. The Morgan fingerprint density at radius 1 is 1.65 bits per heavy atom. The lowest BCUT2D eigenvalue weighted by Crippen LogP contribution is -2.37. The van der Waals surface area contributed by atoms with Crippen LogP contribution in [0.1, 0.15) is 18.4 Å². The van der Waals surface area contributed by atoms with Crippen LogP contribution in [0.4, 0.5) is 5.82 Å². The van der Waals surface area contributed by atoms with E-state index in [-0.39, 0.29) is 6.10 Å². The zero-order valence-electron chi connectivity index (χ0n) is 9.60. The summed E-state index contributed by atoms with van der Waals surface area (Å²) in [6, 6.07) is 3.64. The average Bonchev–Trinajstić information content (AvgIpc) is 2.27. The zero-order valence-corrected chi connectivity index (χ0v) is 10.4. The van der Waals surface area contributed by atoms with E-state index >= 15 is 0 Å². The van der Waals surface area contributed by atoms with E-state index in [1.165, 1.54) is 0 Å². The summed E-state index contributed by atoms with van der Waals surface area (Å²) in [6.07, 6.45) is 3.10. The number of anilines is 1. The van der Waals surface area contributed by atoms with E-state index in [4.69, 9.17) is 16.9 Å². The quantitative estimate of drug-likeness (QED) is 0.890. The molecule has 0 radical (unpaired) electrons. The van der Waals surface area contributed by atoms with Crippen molar-refractivity contribution < 1.29 is 5.11 Å². The van der Waals surface area contributed by atoms with Crippen LogP contribution in [-0.4, -0.2) is 29.8 Å². The average molecular weight is 252 g/mol. The number of rotatable bonds is 3. The SMILES string of the molecule is CN(CC1CC(O)C1)c1nccc(C#N)c1Cl. The minimum absolute atomic E-state index is 0.151. The van der Waals surface area contributed by atoms with Crippen LogP contribution in [0.3, 0.4) is 0 Å². The van der Waals surface area contributed by atoms with E-state index in [1.54, 1.807) is 12.3 Å². The van der Waals surface area contributed by atoms with Gasteiger partial charge >= 0.3 is 0 Å². The number of nitrogens with zero attached hydrogens (tertiary/aromatic N) is 3. The highest BCUT2D eigenvalue weighted by Crippen LogP contribution is 2.31. The number of pyridine rings is 1. The molecule has 1 fully saturated rings. The fourth-order valence-electron chi connectivity index (χ4n) is 2.11. The Hall–Kier alpha value is -1.31. The number of hydrogen-bond donors (Lipinski definition) is 1. The van der Waals surface area contributed by atoms with Gasteiger partial charge in [-0.3, -0.25) is 0 Å². The molecule has 5 heteroatoms. The highest BCUT2D eigenvalue weighted by molar-refractivity contribution is 6.34. The molecule has 1 aliphatic carbocycles. The number of halogens is 1. The van der Waals surface area contributed by atoms with Gasteiger partial charge in [0, 0.05) is 19.8 Å². The van der Waals surface area contributed by atoms with E-state index in [2.05, 4.69) is 4.98 Å². The van der Waals surface area contributed by atoms with Crippen molar-refractivity contribution in [3.05, 3.63) is 22.8 Å². The molecule has 0 bridgehead atoms. The molecular formula is C12H14ClN3O.